The van der Waals surface area contributed by atoms with Gasteiger partial charge in [-0.25, -0.2) is 4.79 Å². The van der Waals surface area contributed by atoms with E-state index in [2.05, 4.69) is 26.6 Å². The highest BCUT2D eigenvalue weighted by atomic mass is 16.4. The van der Waals surface area contributed by atoms with Crippen LogP contribution in [-0.2, 0) is 43.2 Å². The normalized spacial score (nSPS) is 15.2. The second-order valence-corrected chi connectivity index (χ2v) is 12.7. The summed E-state index contributed by atoms with van der Waals surface area (Å²) in [5.41, 5.74) is 10.7. The molecule has 290 valence electrons. The van der Waals surface area contributed by atoms with Crippen LogP contribution >= 0.6 is 0 Å². The molecule has 0 bridgehead atoms. The van der Waals surface area contributed by atoms with Crippen LogP contribution in [0.1, 0.15) is 66.7 Å². The maximum atomic E-state index is 13.4. The molecule has 21 heteroatoms. The van der Waals surface area contributed by atoms with E-state index in [1.165, 1.54) is 0 Å². The number of hydrogen-bond acceptors (Lipinski definition) is 12. The molecule has 0 aromatic heterocycles. The van der Waals surface area contributed by atoms with E-state index in [1.807, 2.05) is 5.32 Å². The molecule has 0 aromatic carbocycles. The highest BCUT2D eigenvalue weighted by Crippen LogP contribution is 2.09. The Morgan fingerprint density at radius 3 is 1.59 bits per heavy atom. The number of carboxylic acid groups (broad SMARTS) is 2. The topological polar surface area (TPSA) is 359 Å². The molecular weight excluding hydrogens is 680 g/mol. The Balaban J connectivity index is 5.85. The van der Waals surface area contributed by atoms with Crippen molar-refractivity contribution in [2.45, 2.75) is 109 Å². The molecule has 51 heavy (non-hydrogen) atoms. The van der Waals surface area contributed by atoms with E-state index < -0.39 is 128 Å². The maximum Gasteiger partial charge on any atom is 0.328 e. The zero-order chi connectivity index (χ0) is 39.6. The lowest BCUT2D eigenvalue weighted by Gasteiger charge is -2.27. The number of primary amides is 1. The highest BCUT2D eigenvalue weighted by molar-refractivity contribution is 5.96. The third-order valence-corrected chi connectivity index (χ3v) is 7.02. The fourth-order valence-electron chi connectivity index (χ4n) is 4.44. The van der Waals surface area contributed by atoms with Gasteiger partial charge in [0, 0.05) is 6.42 Å². The van der Waals surface area contributed by atoms with Crippen LogP contribution in [0.4, 0.5) is 0 Å². The first kappa shape index (κ1) is 46.1. The third-order valence-electron chi connectivity index (χ3n) is 7.02. The largest absolute Gasteiger partial charge is 0.481 e. The van der Waals surface area contributed by atoms with Gasteiger partial charge >= 0.3 is 11.9 Å². The zero-order valence-corrected chi connectivity index (χ0v) is 29.3. The summed E-state index contributed by atoms with van der Waals surface area (Å²) in [5, 5.41) is 51.2. The van der Waals surface area contributed by atoms with Crippen LogP contribution in [0.2, 0.25) is 0 Å². The van der Waals surface area contributed by atoms with Crippen molar-refractivity contribution in [1.82, 2.24) is 31.9 Å². The highest BCUT2D eigenvalue weighted by Gasteiger charge is 2.34. The molecular formula is C30H52N8O13. The summed E-state index contributed by atoms with van der Waals surface area (Å²) in [4.78, 5) is 111. The van der Waals surface area contributed by atoms with E-state index in [-0.39, 0.29) is 24.7 Å². The smallest absolute Gasteiger partial charge is 0.328 e. The van der Waals surface area contributed by atoms with Crippen LogP contribution in [0.3, 0.4) is 0 Å². The van der Waals surface area contributed by atoms with Gasteiger partial charge in [0.1, 0.15) is 30.2 Å². The zero-order valence-electron chi connectivity index (χ0n) is 29.3. The third kappa shape index (κ3) is 18.6. The number of nitrogens with two attached hydrogens (primary N) is 2. The van der Waals surface area contributed by atoms with E-state index in [0.717, 1.165) is 6.92 Å². The molecule has 21 nitrogen and oxygen atoms in total. The fraction of sp³-hybridized carbons (Fsp3) is 0.700. The van der Waals surface area contributed by atoms with Crippen LogP contribution in [0.15, 0.2) is 0 Å². The second kappa shape index (κ2) is 22.8. The number of aliphatic carboxylic acids is 2. The van der Waals surface area contributed by atoms with Crippen molar-refractivity contribution >= 4 is 53.3 Å². The molecule has 0 saturated carbocycles. The van der Waals surface area contributed by atoms with E-state index in [1.54, 1.807) is 27.7 Å². The summed E-state index contributed by atoms with van der Waals surface area (Å²) >= 11 is 0. The van der Waals surface area contributed by atoms with E-state index in [9.17, 15) is 58.5 Å². The van der Waals surface area contributed by atoms with Crippen LogP contribution < -0.4 is 43.4 Å². The summed E-state index contributed by atoms with van der Waals surface area (Å²) in [7, 11) is 0. The van der Waals surface area contributed by atoms with Crippen molar-refractivity contribution in [3.63, 3.8) is 0 Å². The number of rotatable bonds is 24. The number of hydrogen-bond donors (Lipinski definition) is 12. The molecule has 14 N–H and O–H groups in total. The average molecular weight is 733 g/mol. The van der Waals surface area contributed by atoms with Gasteiger partial charge in [0.25, 0.3) is 0 Å². The Bertz CT molecular complexity index is 1260. The lowest BCUT2D eigenvalue weighted by molar-refractivity contribution is -0.144. The van der Waals surface area contributed by atoms with Crippen molar-refractivity contribution in [1.29, 1.82) is 0 Å². The van der Waals surface area contributed by atoms with Gasteiger partial charge in [-0.1, -0.05) is 27.7 Å². The Morgan fingerprint density at radius 2 is 1.14 bits per heavy atom. The van der Waals surface area contributed by atoms with Crippen molar-refractivity contribution in [3.05, 3.63) is 0 Å². The van der Waals surface area contributed by atoms with Gasteiger partial charge in [0.2, 0.25) is 41.4 Å². The number of amides is 7. The number of carbonyl (C=O) groups excluding carboxylic acids is 7. The first-order chi connectivity index (χ1) is 23.6. The summed E-state index contributed by atoms with van der Waals surface area (Å²) in [5.74, 6) is -9.77. The lowest BCUT2D eigenvalue weighted by atomic mass is 10.0. The number of aliphatic hydroxyl groups is 2. The average Bonchev–Trinajstić information content (AvgIpc) is 3.00. The fourth-order valence-corrected chi connectivity index (χ4v) is 4.44. The van der Waals surface area contributed by atoms with Gasteiger partial charge in [0.15, 0.2) is 0 Å². The minimum absolute atomic E-state index is 0.0129. The van der Waals surface area contributed by atoms with Crippen molar-refractivity contribution in [2.24, 2.45) is 23.3 Å². The lowest BCUT2D eigenvalue weighted by Crippen LogP contribution is -2.60. The Hall–Kier alpha value is -4.89. The standard InChI is InChI=1S/C30H52N8O13/c1-13(2)8-18(36-25(45)16(31)10-21(32)41)26(46)33-11-22(42)34-19(9-14(3)4)28(48)35-17(6-7-23(43)44)27(47)38-24(15(5)40)29(49)37-20(12-39)30(50)51/h13-20,24,39-40H,6-12,31H2,1-5H3,(H2,32,41)(H,33,46)(H,34,42)(H,35,48)(H,36,45)(H,37,49)(H,38,47)(H,43,44)(H,50,51)/t15-,16+,17+,18+,19+,20+,24+/m1/s1. The predicted octanol–water partition coefficient (Wildman–Crippen LogP) is -4.86. The molecule has 0 fully saturated rings. The summed E-state index contributed by atoms with van der Waals surface area (Å²) in [6, 6.07) is -8.94. The van der Waals surface area contributed by atoms with Gasteiger partial charge in [-0.3, -0.25) is 38.4 Å². The van der Waals surface area contributed by atoms with Crippen LogP contribution in [0.5, 0.6) is 0 Å². The van der Waals surface area contributed by atoms with Gasteiger partial charge in [0.05, 0.1) is 31.7 Å². The molecule has 0 saturated heterocycles. The number of carbonyl (C=O) groups is 9. The molecule has 0 unspecified atom stereocenters. The number of nitrogens with one attached hydrogen (secondary N) is 6. The van der Waals surface area contributed by atoms with Gasteiger partial charge < -0.3 is 63.8 Å². The quantitative estimate of drug-likeness (QED) is 0.0443. The minimum atomic E-state index is -1.78. The van der Waals surface area contributed by atoms with Gasteiger partial charge in [-0.2, -0.15) is 0 Å². The van der Waals surface area contributed by atoms with E-state index in [0.29, 0.717) is 0 Å². The Morgan fingerprint density at radius 1 is 0.647 bits per heavy atom. The molecule has 0 aliphatic rings. The molecule has 0 rings (SSSR count). The summed E-state index contributed by atoms with van der Waals surface area (Å²) in [6.07, 6.45) is -3.05. The second-order valence-electron chi connectivity index (χ2n) is 12.7. The molecule has 0 aliphatic heterocycles. The summed E-state index contributed by atoms with van der Waals surface area (Å²) < 4.78 is 0. The molecule has 0 aromatic rings. The first-order valence-corrected chi connectivity index (χ1v) is 16.1. The monoisotopic (exact) mass is 732 g/mol. The SMILES string of the molecule is CC(C)C[C@H](NC(=O)CNC(=O)[C@H](CC(C)C)NC(=O)[C@@H](N)CC(N)=O)C(=O)N[C@@H](CCC(=O)O)C(=O)N[C@H](C(=O)N[C@@H](CO)C(=O)O)[C@@H](C)O. The van der Waals surface area contributed by atoms with Crippen molar-refractivity contribution in [3.8, 4) is 0 Å². The predicted molar refractivity (Wildman–Crippen MR) is 177 cm³/mol. The first-order valence-electron chi connectivity index (χ1n) is 16.1. The van der Waals surface area contributed by atoms with Crippen LogP contribution in [0, 0.1) is 11.8 Å². The Kier molecular flexibility index (Phi) is 20.6. The number of aliphatic hydroxyl groups excluding tert-OH is 2. The molecule has 0 radical (unpaired) electrons. The Labute approximate surface area is 294 Å². The maximum absolute atomic E-state index is 13.4. The molecule has 0 aliphatic carbocycles. The molecule has 0 heterocycles. The van der Waals surface area contributed by atoms with Crippen molar-refractivity contribution < 1.29 is 63.6 Å². The van der Waals surface area contributed by atoms with E-state index in [4.69, 9.17) is 16.6 Å². The van der Waals surface area contributed by atoms with Crippen LogP contribution in [0.25, 0.3) is 0 Å². The molecule has 7 atom stereocenters. The van der Waals surface area contributed by atoms with E-state index >= 15 is 0 Å². The summed E-state index contributed by atoms with van der Waals surface area (Å²) in [6.45, 7) is 6.40. The number of carboxylic acids is 2. The minimum Gasteiger partial charge on any atom is -0.481 e. The van der Waals surface area contributed by atoms with Crippen molar-refractivity contribution in [2.75, 3.05) is 13.2 Å². The molecule has 7 amide bonds. The van der Waals surface area contributed by atoms with Gasteiger partial charge in [-0.05, 0) is 38.0 Å². The molecule has 0 spiro atoms. The van der Waals surface area contributed by atoms with Crippen LogP contribution in [-0.4, -0.2) is 129 Å². The van der Waals surface area contributed by atoms with Gasteiger partial charge in [-0.15, -0.1) is 0 Å².